The zero-order valence-corrected chi connectivity index (χ0v) is 14.2. The minimum Gasteiger partial charge on any atom is -0.352 e. The quantitative estimate of drug-likeness (QED) is 0.679. The number of hydrogen-bond acceptors (Lipinski definition) is 3. The lowest BCUT2D eigenvalue weighted by molar-refractivity contribution is 0.0945. The largest absolute Gasteiger partial charge is 0.352 e. The van der Waals surface area contributed by atoms with E-state index >= 15 is 0 Å². The van der Waals surface area contributed by atoms with Gasteiger partial charge in [-0.3, -0.25) is 15.2 Å². The Balaban J connectivity index is 1.44. The number of H-pyrrole nitrogens is 1. The van der Waals surface area contributed by atoms with Crippen LogP contribution < -0.4 is 16.0 Å². The van der Waals surface area contributed by atoms with Gasteiger partial charge in [-0.25, -0.2) is 9.18 Å². The second-order valence-electron chi connectivity index (χ2n) is 6.73. The summed E-state index contributed by atoms with van der Waals surface area (Å²) in [5.74, 6) is 0.00535. The number of fused-ring (bicyclic) bond motifs is 1. The van der Waals surface area contributed by atoms with Gasteiger partial charge in [-0.2, -0.15) is 5.10 Å². The molecule has 0 spiro atoms. The Labute approximate surface area is 149 Å². The molecule has 1 aliphatic carbocycles. The van der Waals surface area contributed by atoms with E-state index in [1.54, 1.807) is 0 Å². The third-order valence-electron chi connectivity index (χ3n) is 5.03. The molecule has 0 atom stereocenters. The number of halogens is 1. The molecular formula is C18H20FN5O2. The van der Waals surface area contributed by atoms with Gasteiger partial charge in [0.05, 0.1) is 5.69 Å². The summed E-state index contributed by atoms with van der Waals surface area (Å²) >= 11 is 0. The molecule has 4 rings (SSSR count). The molecule has 4 N–H and O–H groups in total. The minimum absolute atomic E-state index is 0.0440. The maximum atomic E-state index is 14.6. The third-order valence-corrected chi connectivity index (χ3v) is 5.03. The SMILES string of the molecule is O=C(Nc1cc(C2CCCC2)[nH]n1)Nc1ccc2c(c1F)CCNC2=O. The molecule has 8 heteroatoms. The van der Waals surface area contributed by atoms with Crippen molar-refractivity contribution in [1.82, 2.24) is 15.5 Å². The molecule has 1 aromatic carbocycles. The van der Waals surface area contributed by atoms with Crippen molar-refractivity contribution in [2.45, 2.75) is 38.0 Å². The monoisotopic (exact) mass is 357 g/mol. The summed E-state index contributed by atoms with van der Waals surface area (Å²) in [6.07, 6.45) is 5.07. The first-order chi connectivity index (χ1) is 12.6. The van der Waals surface area contributed by atoms with E-state index in [2.05, 4.69) is 26.1 Å². The van der Waals surface area contributed by atoms with Crippen molar-refractivity contribution in [3.8, 4) is 0 Å². The van der Waals surface area contributed by atoms with Gasteiger partial charge in [0.1, 0.15) is 0 Å². The molecule has 1 fully saturated rings. The van der Waals surface area contributed by atoms with Crippen LogP contribution in [0.25, 0.3) is 0 Å². The van der Waals surface area contributed by atoms with E-state index in [1.165, 1.54) is 25.0 Å². The molecule has 26 heavy (non-hydrogen) atoms. The van der Waals surface area contributed by atoms with Crippen LogP contribution in [-0.4, -0.2) is 28.7 Å². The molecule has 2 aromatic rings. The number of nitrogens with zero attached hydrogens (tertiary/aromatic N) is 1. The smallest absolute Gasteiger partial charge is 0.324 e. The van der Waals surface area contributed by atoms with Crippen LogP contribution in [0.2, 0.25) is 0 Å². The van der Waals surface area contributed by atoms with Gasteiger partial charge in [-0.05, 0) is 31.4 Å². The number of anilines is 2. The predicted octanol–water partition coefficient (Wildman–Crippen LogP) is 3.14. The van der Waals surface area contributed by atoms with Gasteiger partial charge in [0, 0.05) is 35.3 Å². The van der Waals surface area contributed by atoms with E-state index in [0.29, 0.717) is 35.8 Å². The zero-order chi connectivity index (χ0) is 18.1. The molecule has 0 saturated heterocycles. The van der Waals surface area contributed by atoms with Gasteiger partial charge >= 0.3 is 6.03 Å². The number of carbonyl (C=O) groups excluding carboxylic acids is 2. The Hall–Kier alpha value is -2.90. The molecule has 7 nitrogen and oxygen atoms in total. The number of aromatic nitrogens is 2. The Bertz CT molecular complexity index is 857. The number of nitrogens with one attached hydrogen (secondary N) is 4. The molecule has 0 bridgehead atoms. The van der Waals surface area contributed by atoms with Crippen LogP contribution in [0.4, 0.5) is 20.7 Å². The highest BCUT2D eigenvalue weighted by Gasteiger charge is 2.23. The molecule has 0 unspecified atom stereocenters. The molecule has 1 saturated carbocycles. The first-order valence-electron chi connectivity index (χ1n) is 8.84. The average Bonchev–Trinajstić information content (AvgIpc) is 3.29. The first kappa shape index (κ1) is 16.6. The summed E-state index contributed by atoms with van der Waals surface area (Å²) < 4.78 is 14.6. The molecule has 136 valence electrons. The molecule has 2 heterocycles. The maximum absolute atomic E-state index is 14.6. The highest BCUT2D eigenvalue weighted by Crippen LogP contribution is 2.33. The van der Waals surface area contributed by atoms with Crippen molar-refractivity contribution >= 4 is 23.4 Å². The third kappa shape index (κ3) is 3.14. The highest BCUT2D eigenvalue weighted by molar-refractivity contribution is 6.01. The predicted molar refractivity (Wildman–Crippen MR) is 94.9 cm³/mol. The van der Waals surface area contributed by atoms with Crippen molar-refractivity contribution < 1.29 is 14.0 Å². The lowest BCUT2D eigenvalue weighted by atomic mass is 9.99. The number of amides is 3. The number of aromatic amines is 1. The van der Waals surface area contributed by atoms with Gasteiger partial charge in [-0.15, -0.1) is 0 Å². The topological polar surface area (TPSA) is 98.9 Å². The van der Waals surface area contributed by atoms with Gasteiger partial charge in [0.15, 0.2) is 11.6 Å². The van der Waals surface area contributed by atoms with E-state index in [9.17, 15) is 14.0 Å². The first-order valence-corrected chi connectivity index (χ1v) is 8.84. The van der Waals surface area contributed by atoms with E-state index in [4.69, 9.17) is 0 Å². The van der Waals surface area contributed by atoms with Crippen molar-refractivity contribution in [1.29, 1.82) is 0 Å². The Kier molecular flexibility index (Phi) is 4.32. The Morgan fingerprint density at radius 3 is 2.85 bits per heavy atom. The van der Waals surface area contributed by atoms with E-state index in [0.717, 1.165) is 18.5 Å². The van der Waals surface area contributed by atoms with Crippen LogP contribution in [0.5, 0.6) is 0 Å². The van der Waals surface area contributed by atoms with Crippen LogP contribution in [0.3, 0.4) is 0 Å². The summed E-state index contributed by atoms with van der Waals surface area (Å²) in [7, 11) is 0. The molecular weight excluding hydrogens is 337 g/mol. The van der Waals surface area contributed by atoms with Crippen LogP contribution in [-0.2, 0) is 6.42 Å². The fourth-order valence-electron chi connectivity index (χ4n) is 3.69. The van der Waals surface area contributed by atoms with Gasteiger partial charge < -0.3 is 10.6 Å². The lowest BCUT2D eigenvalue weighted by Gasteiger charge is -2.18. The van der Waals surface area contributed by atoms with E-state index < -0.39 is 11.8 Å². The summed E-state index contributed by atoms with van der Waals surface area (Å²) in [6.45, 7) is 0.385. The molecule has 1 aliphatic heterocycles. The standard InChI is InChI=1S/C18H20FN5O2/c19-16-11-7-8-20-17(25)12(11)5-6-13(16)21-18(26)22-15-9-14(23-24-15)10-3-1-2-4-10/h5-6,9-10H,1-4,7-8H2,(H,20,25)(H3,21,22,23,24,26). The summed E-state index contributed by atoms with van der Waals surface area (Å²) in [5.41, 5.74) is 1.70. The Morgan fingerprint density at radius 2 is 2.04 bits per heavy atom. The molecule has 1 aromatic heterocycles. The second-order valence-corrected chi connectivity index (χ2v) is 6.73. The van der Waals surface area contributed by atoms with Gasteiger partial charge in [0.2, 0.25) is 0 Å². The van der Waals surface area contributed by atoms with Crippen LogP contribution in [0.15, 0.2) is 18.2 Å². The van der Waals surface area contributed by atoms with Crippen LogP contribution in [0.1, 0.15) is 53.2 Å². The zero-order valence-electron chi connectivity index (χ0n) is 14.2. The number of hydrogen-bond donors (Lipinski definition) is 4. The maximum Gasteiger partial charge on any atom is 0.324 e. The minimum atomic E-state index is -0.575. The fourth-order valence-corrected chi connectivity index (χ4v) is 3.69. The number of benzene rings is 1. The number of rotatable bonds is 3. The van der Waals surface area contributed by atoms with Crippen LogP contribution in [0, 0.1) is 5.82 Å². The highest BCUT2D eigenvalue weighted by atomic mass is 19.1. The van der Waals surface area contributed by atoms with Crippen molar-refractivity contribution in [2.75, 3.05) is 17.2 Å². The summed E-state index contributed by atoms with van der Waals surface area (Å²) in [6, 6.07) is 4.17. The Morgan fingerprint density at radius 1 is 1.23 bits per heavy atom. The van der Waals surface area contributed by atoms with Crippen molar-refractivity contribution in [3.63, 3.8) is 0 Å². The van der Waals surface area contributed by atoms with Gasteiger partial charge in [-0.1, -0.05) is 12.8 Å². The number of carbonyl (C=O) groups is 2. The van der Waals surface area contributed by atoms with Gasteiger partial charge in [0.25, 0.3) is 5.91 Å². The normalized spacial score (nSPS) is 16.9. The molecule has 2 aliphatic rings. The molecule has 0 radical (unpaired) electrons. The van der Waals surface area contributed by atoms with Crippen molar-refractivity contribution in [3.05, 3.63) is 40.8 Å². The average molecular weight is 357 g/mol. The number of urea groups is 1. The van der Waals surface area contributed by atoms with E-state index in [-0.39, 0.29) is 11.6 Å². The second kappa shape index (κ2) is 6.78. The fraction of sp³-hybridized carbons (Fsp3) is 0.389. The summed E-state index contributed by atoms with van der Waals surface area (Å²) in [5, 5.41) is 14.8. The lowest BCUT2D eigenvalue weighted by Crippen LogP contribution is -2.32. The summed E-state index contributed by atoms with van der Waals surface area (Å²) in [4.78, 5) is 23.9. The molecule has 3 amide bonds. The van der Waals surface area contributed by atoms with E-state index in [1.807, 2.05) is 6.07 Å². The van der Waals surface area contributed by atoms with Crippen LogP contribution >= 0.6 is 0 Å². The van der Waals surface area contributed by atoms with Crippen molar-refractivity contribution in [2.24, 2.45) is 0 Å².